The van der Waals surface area contributed by atoms with E-state index in [0.29, 0.717) is 17.9 Å². The Morgan fingerprint density at radius 1 is 1.58 bits per heavy atom. The van der Waals surface area contributed by atoms with Crippen molar-refractivity contribution in [2.75, 3.05) is 11.6 Å². The molecule has 0 radical (unpaired) electrons. The predicted octanol–water partition coefficient (Wildman–Crippen LogP) is 0.597. The molecule has 0 aromatic carbocycles. The average Bonchev–Trinajstić information content (AvgIpc) is 2.07. The highest BCUT2D eigenvalue weighted by Crippen LogP contribution is 2.16. The first-order chi connectivity index (χ1) is 5.79. The fourth-order valence-electron chi connectivity index (χ4n) is 1.22. The number of pyridine rings is 1. The van der Waals surface area contributed by atoms with Gasteiger partial charge in [-0.3, -0.25) is 10.0 Å². The van der Waals surface area contributed by atoms with Crippen molar-refractivity contribution in [1.82, 2.24) is 4.98 Å². The number of aromatic nitrogens is 1. The van der Waals surface area contributed by atoms with E-state index in [1.807, 2.05) is 0 Å². The van der Waals surface area contributed by atoms with E-state index in [1.165, 1.54) is 12.3 Å². The molecule has 0 bridgehead atoms. The van der Waals surface area contributed by atoms with Crippen LogP contribution in [0.2, 0.25) is 0 Å². The number of fused-ring (bicyclic) bond motifs is 1. The summed E-state index contributed by atoms with van der Waals surface area (Å²) < 4.78 is 0. The van der Waals surface area contributed by atoms with Gasteiger partial charge in [-0.05, 0) is 6.08 Å². The highest BCUT2D eigenvalue weighted by atomic mass is 16.5. The Balaban J connectivity index is 2.69. The second-order valence-corrected chi connectivity index (χ2v) is 2.59. The van der Waals surface area contributed by atoms with Crippen LogP contribution in [-0.4, -0.2) is 16.7 Å². The van der Waals surface area contributed by atoms with Gasteiger partial charge in [0, 0.05) is 12.3 Å². The van der Waals surface area contributed by atoms with E-state index in [2.05, 4.69) is 4.98 Å². The van der Waals surface area contributed by atoms with E-state index >= 15 is 0 Å². The van der Waals surface area contributed by atoms with Gasteiger partial charge in [0.25, 0.3) is 0 Å². The van der Waals surface area contributed by atoms with E-state index in [9.17, 15) is 10.0 Å². The molecule has 0 saturated heterocycles. The Morgan fingerprint density at radius 2 is 2.42 bits per heavy atom. The van der Waals surface area contributed by atoms with E-state index in [-0.39, 0.29) is 5.43 Å². The number of nitrogens with one attached hydrogen (secondary N) is 1. The van der Waals surface area contributed by atoms with E-state index in [0.717, 1.165) is 5.06 Å². The molecule has 62 valence electrons. The van der Waals surface area contributed by atoms with Crippen molar-refractivity contribution in [2.45, 2.75) is 0 Å². The molecule has 0 amide bonds. The molecule has 0 saturated carbocycles. The van der Waals surface area contributed by atoms with Crippen LogP contribution in [0.1, 0.15) is 5.56 Å². The van der Waals surface area contributed by atoms with Crippen LogP contribution < -0.4 is 10.5 Å². The highest BCUT2D eigenvalue weighted by molar-refractivity contribution is 5.66. The van der Waals surface area contributed by atoms with Gasteiger partial charge in [0.05, 0.1) is 12.1 Å². The number of hydrogen-bond acceptors (Lipinski definition) is 3. The van der Waals surface area contributed by atoms with Crippen molar-refractivity contribution < 1.29 is 5.21 Å². The Morgan fingerprint density at radius 3 is 3.17 bits per heavy atom. The second-order valence-electron chi connectivity index (χ2n) is 2.59. The lowest BCUT2D eigenvalue weighted by atomic mass is 10.2. The average molecular weight is 164 g/mol. The lowest BCUT2D eigenvalue weighted by molar-refractivity contribution is 0.261. The molecule has 1 aliphatic heterocycles. The molecule has 0 aliphatic carbocycles. The minimum atomic E-state index is -0.0845. The SMILES string of the molecule is O=c1cc[nH]c2c1C=CCN2O. The van der Waals surface area contributed by atoms with Gasteiger partial charge in [-0.1, -0.05) is 6.08 Å². The molecule has 1 aromatic rings. The Bertz CT molecular complexity index is 381. The smallest absolute Gasteiger partial charge is 0.190 e. The van der Waals surface area contributed by atoms with E-state index < -0.39 is 0 Å². The Kier molecular flexibility index (Phi) is 1.48. The van der Waals surface area contributed by atoms with Gasteiger partial charge < -0.3 is 4.98 Å². The van der Waals surface area contributed by atoms with Crippen molar-refractivity contribution in [1.29, 1.82) is 0 Å². The van der Waals surface area contributed by atoms with Crippen LogP contribution >= 0.6 is 0 Å². The van der Waals surface area contributed by atoms with E-state index in [4.69, 9.17) is 0 Å². The maximum absolute atomic E-state index is 11.2. The van der Waals surface area contributed by atoms with Gasteiger partial charge in [0.1, 0.15) is 5.82 Å². The summed E-state index contributed by atoms with van der Waals surface area (Å²) in [6.07, 6.45) is 4.96. The first-order valence-electron chi connectivity index (χ1n) is 3.63. The zero-order valence-corrected chi connectivity index (χ0v) is 6.32. The second kappa shape index (κ2) is 2.49. The van der Waals surface area contributed by atoms with Crippen molar-refractivity contribution in [3.8, 4) is 0 Å². The summed E-state index contributed by atoms with van der Waals surface area (Å²) in [7, 11) is 0. The third-order valence-corrected chi connectivity index (χ3v) is 1.80. The zero-order chi connectivity index (χ0) is 8.55. The number of anilines is 1. The van der Waals surface area contributed by atoms with Crippen molar-refractivity contribution in [3.63, 3.8) is 0 Å². The molecule has 12 heavy (non-hydrogen) atoms. The zero-order valence-electron chi connectivity index (χ0n) is 6.32. The molecule has 0 spiro atoms. The van der Waals surface area contributed by atoms with Gasteiger partial charge >= 0.3 is 0 Å². The summed E-state index contributed by atoms with van der Waals surface area (Å²) in [6.45, 7) is 0.410. The normalized spacial score (nSPS) is 14.6. The summed E-state index contributed by atoms with van der Waals surface area (Å²) in [5, 5.41) is 10.3. The van der Waals surface area contributed by atoms with Crippen LogP contribution in [0.15, 0.2) is 23.1 Å². The minimum Gasteiger partial charge on any atom is -0.346 e. The maximum Gasteiger partial charge on any atom is 0.190 e. The van der Waals surface area contributed by atoms with Crippen LogP contribution in [-0.2, 0) is 0 Å². The summed E-state index contributed by atoms with van der Waals surface area (Å²) in [4.78, 5) is 14.0. The van der Waals surface area contributed by atoms with Crippen LogP contribution in [0, 0.1) is 0 Å². The summed E-state index contributed by atoms with van der Waals surface area (Å²) in [6, 6.07) is 1.43. The van der Waals surface area contributed by atoms with E-state index in [1.54, 1.807) is 12.2 Å². The number of nitrogens with zero attached hydrogens (tertiary/aromatic N) is 1. The largest absolute Gasteiger partial charge is 0.346 e. The standard InChI is InChI=1S/C8H8N2O2/c11-7-3-4-9-8-6(7)2-1-5-10(8)12/h1-4,12H,5H2,(H,9,11). The van der Waals surface area contributed by atoms with Gasteiger partial charge in [-0.25, -0.2) is 5.06 Å². The number of hydrogen-bond donors (Lipinski definition) is 2. The third kappa shape index (κ3) is 0.931. The molecule has 4 nitrogen and oxygen atoms in total. The molecule has 2 N–H and O–H groups in total. The fourth-order valence-corrected chi connectivity index (χ4v) is 1.22. The quantitative estimate of drug-likeness (QED) is 0.590. The van der Waals surface area contributed by atoms with Crippen molar-refractivity contribution in [2.24, 2.45) is 0 Å². The fraction of sp³-hybridized carbons (Fsp3) is 0.125. The highest BCUT2D eigenvalue weighted by Gasteiger charge is 2.12. The van der Waals surface area contributed by atoms with Gasteiger partial charge in [-0.2, -0.15) is 0 Å². The first-order valence-corrected chi connectivity index (χ1v) is 3.63. The number of rotatable bonds is 0. The Hall–Kier alpha value is -1.55. The predicted molar refractivity (Wildman–Crippen MR) is 45.2 cm³/mol. The van der Waals surface area contributed by atoms with Crippen LogP contribution in [0.25, 0.3) is 6.08 Å². The minimum absolute atomic E-state index is 0.0845. The van der Waals surface area contributed by atoms with Crippen molar-refractivity contribution >= 4 is 11.9 Å². The third-order valence-electron chi connectivity index (χ3n) is 1.80. The lowest BCUT2D eigenvalue weighted by Crippen LogP contribution is -2.25. The molecular formula is C8H8N2O2. The van der Waals surface area contributed by atoms with Crippen molar-refractivity contribution in [3.05, 3.63) is 34.1 Å². The summed E-state index contributed by atoms with van der Waals surface area (Å²) in [5.41, 5.74) is 0.421. The van der Waals surface area contributed by atoms with Gasteiger partial charge in [-0.15, -0.1) is 0 Å². The Labute approximate surface area is 68.7 Å². The van der Waals surface area contributed by atoms with Gasteiger partial charge in [0.2, 0.25) is 0 Å². The maximum atomic E-state index is 11.2. The van der Waals surface area contributed by atoms with Crippen LogP contribution in [0.4, 0.5) is 5.82 Å². The molecule has 1 aliphatic rings. The lowest BCUT2D eigenvalue weighted by Gasteiger charge is -2.19. The molecule has 0 atom stereocenters. The number of hydroxylamine groups is 1. The monoisotopic (exact) mass is 164 g/mol. The molecule has 2 rings (SSSR count). The number of aromatic amines is 1. The first kappa shape index (κ1) is 7.12. The van der Waals surface area contributed by atoms with Gasteiger partial charge in [0.15, 0.2) is 5.43 Å². The molecule has 0 unspecified atom stereocenters. The summed E-state index contributed by atoms with van der Waals surface area (Å²) >= 11 is 0. The molecule has 0 fully saturated rings. The van der Waals surface area contributed by atoms with Crippen LogP contribution in [0.5, 0.6) is 0 Å². The molecule has 4 heteroatoms. The number of H-pyrrole nitrogens is 1. The summed E-state index contributed by atoms with van der Waals surface area (Å²) in [5.74, 6) is 0.463. The molecule has 1 aromatic heterocycles. The molecule has 2 heterocycles. The topological polar surface area (TPSA) is 56.3 Å². The van der Waals surface area contributed by atoms with Crippen LogP contribution in [0.3, 0.4) is 0 Å². The molecular weight excluding hydrogens is 156 g/mol.